The van der Waals surface area contributed by atoms with Crippen molar-refractivity contribution >= 4 is 0 Å². The Hall–Kier alpha value is 3.36. The zero-order valence-corrected chi connectivity index (χ0v) is 11.8. The van der Waals surface area contributed by atoms with Crippen LogP contribution in [0.4, 0.5) is 0 Å². The van der Waals surface area contributed by atoms with E-state index in [0.29, 0.717) is 0 Å². The Morgan fingerprint density at radius 3 is 0.375 bits per heavy atom. The fourth-order valence-corrected chi connectivity index (χ4v) is 0. The molecule has 0 aliphatic heterocycles. The largest absolute Gasteiger partial charge is 2.00 e. The van der Waals surface area contributed by atoms with E-state index in [1.54, 1.807) is 0 Å². The van der Waals surface area contributed by atoms with Gasteiger partial charge in [-0.1, -0.05) is 0 Å². The molecule has 0 rings (SSSR count). The predicted molar refractivity (Wildman–Crippen MR) is 0 cm³/mol. The molecule has 0 spiro atoms. The van der Waals surface area contributed by atoms with Gasteiger partial charge in [-0.05, 0) is 0 Å². The molecule has 0 unspecified atom stereocenters. The Kier molecular flexibility index (Phi) is 1080. The molecular weight excluding hydrogens is 339 g/mol. The Balaban J connectivity index is 0. The van der Waals surface area contributed by atoms with Crippen LogP contribution in [0.3, 0.4) is 0 Å². The van der Waals surface area contributed by atoms with E-state index in [1.807, 2.05) is 0 Å². The van der Waals surface area contributed by atoms with E-state index >= 15 is 0 Å². The average Bonchev–Trinajstić information content (AvgIpc) is 0. The third-order valence-electron chi connectivity index (χ3n) is 0. The number of halogens is 6. The van der Waals surface area contributed by atoms with Crippen molar-refractivity contribution < 1.29 is 123 Å². The van der Waals surface area contributed by atoms with Crippen LogP contribution in [0.25, 0.3) is 0 Å². The normalized spacial score (nSPS) is 0. The van der Waals surface area contributed by atoms with Gasteiger partial charge in [0.25, 0.3) is 0 Å². The van der Waals surface area contributed by atoms with Gasteiger partial charge in [-0.25, -0.2) is 0 Å². The first kappa shape index (κ1) is 108. The summed E-state index contributed by atoms with van der Waals surface area (Å²) in [6, 6.07) is 0. The fourth-order valence-electron chi connectivity index (χ4n) is 0. The molecule has 8 heavy (non-hydrogen) atoms. The summed E-state index contributed by atoms with van der Waals surface area (Å²) in [6.07, 6.45) is 0. The van der Waals surface area contributed by atoms with Gasteiger partial charge < -0.3 is 74.4 Å². The van der Waals surface area contributed by atoms with Crippen molar-refractivity contribution in [3.8, 4) is 0 Å². The van der Waals surface area contributed by atoms with Crippen LogP contribution in [0.2, 0.25) is 0 Å². The van der Waals surface area contributed by atoms with Crippen molar-refractivity contribution in [3.63, 3.8) is 0 Å². The van der Waals surface area contributed by atoms with Crippen molar-refractivity contribution in [2.75, 3.05) is 0 Å². The van der Waals surface area contributed by atoms with E-state index in [4.69, 9.17) is 0 Å². The van der Waals surface area contributed by atoms with E-state index in [9.17, 15) is 0 Å². The molecule has 0 aromatic rings. The molecule has 0 aromatic carbocycles. The summed E-state index contributed by atoms with van der Waals surface area (Å²) in [5.41, 5.74) is 0. The summed E-state index contributed by atoms with van der Waals surface area (Å²) >= 11 is 0. The molecule has 0 aliphatic carbocycles. The molecule has 0 atom stereocenters. The second kappa shape index (κ2) is 80.3. The SMILES string of the molecule is [Cl-].[Cl-].[Cl-].[Cl-].[Cl-].[Cl-].[Na+].[Rh+2]. The molecule has 0 heterocycles. The second-order valence-electron chi connectivity index (χ2n) is 0. The molecule has 55 valence electrons. The third kappa shape index (κ3) is 57.9. The molecule has 0 bridgehead atoms. The molecule has 0 nitrogen and oxygen atoms in total. The maximum absolute atomic E-state index is 0. The Bertz CT molecular complexity index is 8.49. The molecule has 0 aliphatic rings. The van der Waals surface area contributed by atoms with Crippen molar-refractivity contribution in [3.05, 3.63) is 0 Å². The van der Waals surface area contributed by atoms with Crippen molar-refractivity contribution in [1.82, 2.24) is 0 Å². The van der Waals surface area contributed by atoms with Crippen molar-refractivity contribution in [1.29, 1.82) is 0 Å². The first-order chi connectivity index (χ1) is 0. The Morgan fingerprint density at radius 1 is 0.375 bits per heavy atom. The van der Waals surface area contributed by atoms with E-state index in [1.165, 1.54) is 0 Å². The second-order valence-corrected chi connectivity index (χ2v) is 0. The molecule has 8 heteroatoms. The average molecular weight is 339 g/mol. The van der Waals surface area contributed by atoms with Crippen LogP contribution in [0.1, 0.15) is 0 Å². The molecule has 0 N–H and O–H groups in total. The summed E-state index contributed by atoms with van der Waals surface area (Å²) in [4.78, 5) is 0. The van der Waals surface area contributed by atoms with Crippen LogP contribution < -0.4 is 104 Å². The Labute approximate surface area is 122 Å². The molecule has 1 radical (unpaired) electrons. The van der Waals surface area contributed by atoms with Gasteiger partial charge in [0.15, 0.2) is 0 Å². The van der Waals surface area contributed by atoms with Crippen LogP contribution in [0.15, 0.2) is 0 Å². The minimum atomic E-state index is 0. The van der Waals surface area contributed by atoms with E-state index in [-0.39, 0.29) is 123 Å². The van der Waals surface area contributed by atoms with Gasteiger partial charge in [0, 0.05) is 0 Å². The minimum Gasteiger partial charge on any atom is -1.00 e. The van der Waals surface area contributed by atoms with Crippen molar-refractivity contribution in [2.45, 2.75) is 0 Å². The number of hydrogen-bond donors (Lipinski definition) is 0. The maximum Gasteiger partial charge on any atom is 2.00 e. The predicted octanol–water partition coefficient (Wildman–Crippen LogP) is -21.0. The molecular formula is Cl6NaRh-3. The molecule has 0 aromatic heterocycles. The van der Waals surface area contributed by atoms with Crippen LogP contribution in [-0.4, -0.2) is 0 Å². The molecule has 0 amide bonds. The summed E-state index contributed by atoms with van der Waals surface area (Å²) < 4.78 is 0. The minimum absolute atomic E-state index is 0. The number of rotatable bonds is 0. The smallest absolute Gasteiger partial charge is 1.00 e. The monoisotopic (exact) mass is 336 g/mol. The van der Waals surface area contributed by atoms with Crippen LogP contribution >= 0.6 is 0 Å². The first-order valence-electron chi connectivity index (χ1n) is 0. The van der Waals surface area contributed by atoms with Gasteiger partial charge in [0.1, 0.15) is 0 Å². The zero-order valence-electron chi connectivity index (χ0n) is 3.60. The zero-order chi connectivity index (χ0) is 0. The number of hydrogen-bond acceptors (Lipinski definition) is 0. The summed E-state index contributed by atoms with van der Waals surface area (Å²) in [7, 11) is 0. The molecule has 0 fully saturated rings. The molecule has 0 saturated carbocycles. The van der Waals surface area contributed by atoms with Crippen LogP contribution in [0, 0.1) is 0 Å². The van der Waals surface area contributed by atoms with Gasteiger partial charge in [0.05, 0.1) is 0 Å². The first-order valence-corrected chi connectivity index (χ1v) is 0. The summed E-state index contributed by atoms with van der Waals surface area (Å²) in [5, 5.41) is 0. The standard InChI is InChI=1S/6ClH.Na.Rh/h6*1H;;/q;;;;;;+1;+2/p-6. The van der Waals surface area contributed by atoms with Crippen molar-refractivity contribution in [2.24, 2.45) is 0 Å². The quantitative estimate of drug-likeness (QED) is 0.385. The van der Waals surface area contributed by atoms with E-state index in [2.05, 4.69) is 0 Å². The summed E-state index contributed by atoms with van der Waals surface area (Å²) in [5.74, 6) is 0. The Morgan fingerprint density at radius 2 is 0.375 bits per heavy atom. The van der Waals surface area contributed by atoms with E-state index < -0.39 is 0 Å². The van der Waals surface area contributed by atoms with Gasteiger partial charge in [-0.2, -0.15) is 0 Å². The summed E-state index contributed by atoms with van der Waals surface area (Å²) in [6.45, 7) is 0. The van der Waals surface area contributed by atoms with Gasteiger partial charge in [-0.3, -0.25) is 0 Å². The van der Waals surface area contributed by atoms with Gasteiger partial charge >= 0.3 is 49.0 Å². The van der Waals surface area contributed by atoms with Gasteiger partial charge in [0.2, 0.25) is 0 Å². The third-order valence-corrected chi connectivity index (χ3v) is 0. The fraction of sp³-hybridized carbons (Fsp3) is 0. The van der Waals surface area contributed by atoms with Crippen LogP contribution in [-0.2, 0) is 19.5 Å². The van der Waals surface area contributed by atoms with Crippen LogP contribution in [0.5, 0.6) is 0 Å². The van der Waals surface area contributed by atoms with Gasteiger partial charge in [-0.15, -0.1) is 0 Å². The topological polar surface area (TPSA) is 0 Å². The maximum atomic E-state index is 0. The van der Waals surface area contributed by atoms with E-state index in [0.717, 1.165) is 0 Å². The molecule has 0 saturated heterocycles.